The maximum atomic E-state index is 12.2. The lowest BCUT2D eigenvalue weighted by Gasteiger charge is -2.15. The van der Waals surface area contributed by atoms with E-state index in [1.54, 1.807) is 0 Å². The molecular weight excluding hydrogens is 278 g/mol. The van der Waals surface area contributed by atoms with Crippen molar-refractivity contribution in [3.63, 3.8) is 0 Å². The fraction of sp³-hybridized carbons (Fsp3) is 0.222. The van der Waals surface area contributed by atoms with Crippen LogP contribution in [0, 0.1) is 5.21 Å². The Balaban J connectivity index is 1.71. The van der Waals surface area contributed by atoms with Crippen LogP contribution in [-0.2, 0) is 4.74 Å². The molecule has 4 heteroatoms. The van der Waals surface area contributed by atoms with Crippen molar-refractivity contribution in [1.82, 2.24) is 0 Å². The summed E-state index contributed by atoms with van der Waals surface area (Å²) in [6, 6.07) is 15.7. The number of fused-ring (bicyclic) bond motifs is 1. The van der Waals surface area contributed by atoms with E-state index in [1.165, 1.54) is 0 Å². The van der Waals surface area contributed by atoms with E-state index in [0.717, 1.165) is 34.7 Å². The number of epoxide rings is 1. The number of benzene rings is 2. The zero-order valence-corrected chi connectivity index (χ0v) is 12.1. The maximum Gasteiger partial charge on any atom is 0.143 e. The highest BCUT2D eigenvalue weighted by Gasteiger charge is 2.29. The Morgan fingerprint density at radius 1 is 1.18 bits per heavy atom. The molecule has 22 heavy (non-hydrogen) atoms. The summed E-state index contributed by atoms with van der Waals surface area (Å²) in [6.45, 7) is 1.74. The highest BCUT2D eigenvalue weighted by atomic mass is 16.6. The Morgan fingerprint density at radius 3 is 2.77 bits per heavy atom. The van der Waals surface area contributed by atoms with Gasteiger partial charge in [0.25, 0.3) is 0 Å². The molecule has 0 spiro atoms. The smallest absolute Gasteiger partial charge is 0.143 e. The van der Waals surface area contributed by atoms with Crippen LogP contribution in [0.25, 0.3) is 11.6 Å². The Morgan fingerprint density at radius 2 is 2.00 bits per heavy atom. The van der Waals surface area contributed by atoms with Crippen LogP contribution in [0.2, 0.25) is 0 Å². The number of hydrogen-bond donors (Lipinski definition) is 1. The molecular formula is C18H17NO3. The van der Waals surface area contributed by atoms with Gasteiger partial charge in [-0.2, -0.15) is 0 Å². The molecule has 1 N–H and O–H groups in total. The second-order valence-electron chi connectivity index (χ2n) is 5.63. The van der Waals surface area contributed by atoms with Crippen LogP contribution in [0.1, 0.15) is 11.1 Å². The van der Waals surface area contributed by atoms with E-state index >= 15 is 0 Å². The molecule has 2 unspecified atom stereocenters. The third-order valence-corrected chi connectivity index (χ3v) is 3.97. The van der Waals surface area contributed by atoms with Crippen LogP contribution in [0.4, 0.5) is 5.69 Å². The van der Waals surface area contributed by atoms with Gasteiger partial charge in [-0.3, -0.25) is 0 Å². The lowest BCUT2D eigenvalue weighted by molar-refractivity contribution is -0.762. The molecule has 0 bridgehead atoms. The Bertz CT molecular complexity index is 708. The van der Waals surface area contributed by atoms with Gasteiger partial charge in [0.15, 0.2) is 0 Å². The van der Waals surface area contributed by atoms with Gasteiger partial charge < -0.3 is 19.7 Å². The molecule has 2 aliphatic heterocycles. The van der Waals surface area contributed by atoms with Crippen molar-refractivity contribution in [2.45, 2.75) is 6.10 Å². The van der Waals surface area contributed by atoms with Crippen molar-refractivity contribution in [3.8, 4) is 5.75 Å². The average Bonchev–Trinajstić information content (AvgIpc) is 3.32. The first-order chi connectivity index (χ1) is 10.8. The molecule has 4 rings (SSSR count). The van der Waals surface area contributed by atoms with E-state index in [9.17, 15) is 5.21 Å². The van der Waals surface area contributed by atoms with Gasteiger partial charge in [0, 0.05) is 11.6 Å². The summed E-state index contributed by atoms with van der Waals surface area (Å²) in [7, 11) is 0. The predicted octanol–water partition coefficient (Wildman–Crippen LogP) is 2.03. The van der Waals surface area contributed by atoms with Gasteiger partial charge in [0.1, 0.15) is 30.7 Å². The van der Waals surface area contributed by atoms with Crippen LogP contribution < -0.4 is 9.80 Å². The van der Waals surface area contributed by atoms with Crippen molar-refractivity contribution in [2.24, 2.45) is 0 Å². The third kappa shape index (κ3) is 2.64. The zero-order valence-electron chi connectivity index (χ0n) is 12.1. The quantitative estimate of drug-likeness (QED) is 0.693. The molecule has 2 aromatic carbocycles. The summed E-state index contributed by atoms with van der Waals surface area (Å²) in [5.74, 6) is 0.779. The van der Waals surface area contributed by atoms with Gasteiger partial charge in [0.2, 0.25) is 0 Å². The first-order valence-electron chi connectivity index (χ1n) is 7.48. The van der Waals surface area contributed by atoms with Gasteiger partial charge in [-0.05, 0) is 17.7 Å². The maximum absolute atomic E-state index is 12.2. The van der Waals surface area contributed by atoms with Crippen LogP contribution in [0.5, 0.6) is 5.75 Å². The molecule has 2 heterocycles. The van der Waals surface area contributed by atoms with Gasteiger partial charge in [-0.25, -0.2) is 0 Å². The van der Waals surface area contributed by atoms with E-state index < -0.39 is 0 Å². The summed E-state index contributed by atoms with van der Waals surface area (Å²) in [4.78, 5) is 0. The van der Waals surface area contributed by atoms with Crippen molar-refractivity contribution in [3.05, 3.63) is 64.9 Å². The molecule has 1 fully saturated rings. The lowest BCUT2D eigenvalue weighted by Crippen LogP contribution is -3.00. The van der Waals surface area contributed by atoms with Crippen molar-refractivity contribution < 1.29 is 14.5 Å². The molecule has 1 saturated heterocycles. The Hall–Kier alpha value is -2.14. The fourth-order valence-corrected chi connectivity index (χ4v) is 2.79. The predicted molar refractivity (Wildman–Crippen MR) is 84.8 cm³/mol. The highest BCUT2D eigenvalue weighted by molar-refractivity contribution is 5.90. The van der Waals surface area contributed by atoms with Gasteiger partial charge in [-0.15, -0.1) is 0 Å². The van der Waals surface area contributed by atoms with E-state index in [1.807, 2.05) is 48.5 Å². The van der Waals surface area contributed by atoms with Crippen molar-refractivity contribution in [1.29, 1.82) is 0 Å². The SMILES string of the molecule is [O-][NH+]1CC(=Cc2ccccc2)c2c(OCC3CO3)cccc21. The number of hydrogen-bond acceptors (Lipinski definition) is 3. The molecule has 0 aromatic heterocycles. The topological polar surface area (TPSA) is 49.3 Å². The highest BCUT2D eigenvalue weighted by Crippen LogP contribution is 2.35. The monoisotopic (exact) mass is 295 g/mol. The Labute approximate surface area is 129 Å². The number of quaternary nitrogens is 1. The van der Waals surface area contributed by atoms with E-state index in [0.29, 0.717) is 13.2 Å². The molecule has 2 atom stereocenters. The first-order valence-corrected chi connectivity index (χ1v) is 7.48. The second-order valence-corrected chi connectivity index (χ2v) is 5.63. The minimum atomic E-state index is 0.158. The van der Waals surface area contributed by atoms with Crippen LogP contribution >= 0.6 is 0 Å². The molecule has 2 aromatic rings. The molecule has 112 valence electrons. The number of nitrogens with one attached hydrogen (secondary N) is 1. The lowest BCUT2D eigenvalue weighted by atomic mass is 10.0. The fourth-order valence-electron chi connectivity index (χ4n) is 2.79. The molecule has 0 amide bonds. The number of ether oxygens (including phenoxy) is 2. The summed E-state index contributed by atoms with van der Waals surface area (Å²) in [6.07, 6.45) is 2.28. The normalized spacial score (nSPS) is 24.3. The van der Waals surface area contributed by atoms with Gasteiger partial charge >= 0.3 is 0 Å². The third-order valence-electron chi connectivity index (χ3n) is 3.97. The summed E-state index contributed by atoms with van der Waals surface area (Å²) in [5, 5.41) is 12.4. The Kier molecular flexibility index (Phi) is 3.42. The zero-order chi connectivity index (χ0) is 14.9. The minimum absolute atomic E-state index is 0.158. The average molecular weight is 295 g/mol. The van der Waals surface area contributed by atoms with Gasteiger partial charge in [-0.1, -0.05) is 36.4 Å². The van der Waals surface area contributed by atoms with Crippen molar-refractivity contribution in [2.75, 3.05) is 19.8 Å². The summed E-state index contributed by atoms with van der Waals surface area (Å²) < 4.78 is 11.1. The molecule has 4 nitrogen and oxygen atoms in total. The van der Waals surface area contributed by atoms with Crippen LogP contribution in [0.3, 0.4) is 0 Å². The minimum Gasteiger partial charge on any atom is -0.629 e. The van der Waals surface area contributed by atoms with Gasteiger partial charge in [0.05, 0.1) is 12.2 Å². The summed E-state index contributed by atoms with van der Waals surface area (Å²) >= 11 is 0. The molecule has 0 aliphatic carbocycles. The van der Waals surface area contributed by atoms with Crippen molar-refractivity contribution >= 4 is 17.3 Å². The second kappa shape index (κ2) is 5.57. The largest absolute Gasteiger partial charge is 0.629 e. The van der Waals surface area contributed by atoms with E-state index in [4.69, 9.17) is 9.47 Å². The molecule has 2 aliphatic rings. The molecule has 0 saturated carbocycles. The van der Waals surface area contributed by atoms with E-state index in [2.05, 4.69) is 6.08 Å². The van der Waals surface area contributed by atoms with E-state index in [-0.39, 0.29) is 11.2 Å². The number of rotatable bonds is 4. The standard InChI is InChI=1S/C18H17NO3/c20-19-10-14(9-13-5-2-1-3-6-13)18-16(19)7-4-8-17(18)22-12-15-11-21-15/h1-9,15,19H,10-12H2. The van der Waals surface area contributed by atoms with Crippen LogP contribution in [-0.4, -0.2) is 25.9 Å². The first kappa shape index (κ1) is 13.5. The summed E-state index contributed by atoms with van der Waals surface area (Å²) in [5.41, 5.74) is 3.82. The molecule has 0 radical (unpaired) electrons. The number of hydroxylamine groups is 1. The van der Waals surface area contributed by atoms with Crippen LogP contribution in [0.15, 0.2) is 48.5 Å².